The minimum atomic E-state index is 0.167. The highest BCUT2D eigenvalue weighted by atomic mass is 16.6. The van der Waals surface area contributed by atoms with Crippen LogP contribution in [0.2, 0.25) is 0 Å². The van der Waals surface area contributed by atoms with Gasteiger partial charge >= 0.3 is 0 Å². The molecule has 24 heavy (non-hydrogen) atoms. The van der Waals surface area contributed by atoms with Crippen LogP contribution >= 0.6 is 0 Å². The summed E-state index contributed by atoms with van der Waals surface area (Å²) in [4.78, 5) is 17.0. The quantitative estimate of drug-likeness (QED) is 0.849. The number of oxime groups is 1. The van der Waals surface area contributed by atoms with Crippen LogP contribution in [0.5, 0.6) is 0 Å². The van der Waals surface area contributed by atoms with Crippen molar-refractivity contribution in [2.75, 3.05) is 13.1 Å². The lowest BCUT2D eigenvalue weighted by Gasteiger charge is -2.16. The predicted molar refractivity (Wildman–Crippen MR) is 92.6 cm³/mol. The largest absolute Gasteiger partial charge is 0.390 e. The molecule has 0 unspecified atom stereocenters. The van der Waals surface area contributed by atoms with E-state index in [9.17, 15) is 0 Å². The third-order valence-electron chi connectivity index (χ3n) is 4.69. The van der Waals surface area contributed by atoms with Crippen LogP contribution in [0.4, 0.5) is 0 Å². The molecule has 0 spiro atoms. The molecular weight excluding hydrogens is 300 g/mol. The molecule has 0 amide bonds. The van der Waals surface area contributed by atoms with Gasteiger partial charge < -0.3 is 4.84 Å². The topological polar surface area (TPSA) is 50.6 Å². The second-order valence-corrected chi connectivity index (χ2v) is 6.54. The van der Waals surface area contributed by atoms with Gasteiger partial charge in [0.05, 0.1) is 11.6 Å². The van der Waals surface area contributed by atoms with E-state index >= 15 is 0 Å². The Morgan fingerprint density at radius 2 is 1.92 bits per heavy atom. The molecule has 124 valence electrons. The van der Waals surface area contributed by atoms with Gasteiger partial charge in [0.2, 0.25) is 0 Å². The van der Waals surface area contributed by atoms with Gasteiger partial charge in [-0.15, -0.1) is 0 Å². The smallest absolute Gasteiger partial charge is 0.149 e. The highest BCUT2D eigenvalue weighted by Gasteiger charge is 2.42. The Labute approximate surface area is 142 Å². The Hall–Kier alpha value is -2.27. The van der Waals surface area contributed by atoms with E-state index in [0.29, 0.717) is 5.92 Å². The summed E-state index contributed by atoms with van der Waals surface area (Å²) in [6, 6.07) is 10.3. The van der Waals surface area contributed by atoms with Crippen molar-refractivity contribution in [3.63, 3.8) is 0 Å². The molecule has 0 N–H and O–H groups in total. The maximum Gasteiger partial charge on any atom is 0.149 e. The molecule has 1 fully saturated rings. The molecule has 0 saturated carbocycles. The Bertz CT molecular complexity index is 714. The number of fused-ring (bicyclic) bond motifs is 1. The summed E-state index contributed by atoms with van der Waals surface area (Å²) in [5.41, 5.74) is 3.41. The van der Waals surface area contributed by atoms with Gasteiger partial charge in [0.25, 0.3) is 0 Å². The monoisotopic (exact) mass is 322 g/mol. The van der Waals surface area contributed by atoms with Gasteiger partial charge in [0.15, 0.2) is 0 Å². The van der Waals surface area contributed by atoms with Crippen molar-refractivity contribution in [3.05, 3.63) is 59.7 Å². The highest BCUT2D eigenvalue weighted by molar-refractivity contribution is 6.03. The summed E-state index contributed by atoms with van der Waals surface area (Å²) >= 11 is 0. The molecule has 2 aromatic rings. The molecule has 2 atom stereocenters. The first-order valence-corrected chi connectivity index (χ1v) is 8.64. The molecule has 1 aromatic carbocycles. The van der Waals surface area contributed by atoms with Gasteiger partial charge in [0.1, 0.15) is 11.9 Å². The average Bonchev–Trinajstić information content (AvgIpc) is 3.18. The molecule has 0 aliphatic carbocycles. The van der Waals surface area contributed by atoms with Gasteiger partial charge in [-0.05, 0) is 12.0 Å². The minimum absolute atomic E-state index is 0.167. The fourth-order valence-electron chi connectivity index (χ4n) is 3.49. The number of nitrogens with zero attached hydrogens (tertiary/aromatic N) is 4. The maximum absolute atomic E-state index is 5.68. The number of hydrogen-bond donors (Lipinski definition) is 0. The van der Waals surface area contributed by atoms with Crippen LogP contribution in [-0.2, 0) is 17.8 Å². The summed E-state index contributed by atoms with van der Waals surface area (Å²) in [6.07, 6.45) is 6.10. The zero-order chi connectivity index (χ0) is 16.4. The van der Waals surface area contributed by atoms with Gasteiger partial charge in [-0.2, -0.15) is 0 Å². The normalized spacial score (nSPS) is 23.0. The van der Waals surface area contributed by atoms with Crippen LogP contribution in [0.3, 0.4) is 0 Å². The van der Waals surface area contributed by atoms with Crippen molar-refractivity contribution < 1.29 is 4.84 Å². The van der Waals surface area contributed by atoms with E-state index < -0.39 is 0 Å². The van der Waals surface area contributed by atoms with Crippen LogP contribution in [0.1, 0.15) is 30.3 Å². The number of aromatic nitrogens is 2. The van der Waals surface area contributed by atoms with E-state index in [4.69, 9.17) is 4.84 Å². The third kappa shape index (κ3) is 3.04. The van der Waals surface area contributed by atoms with Crippen LogP contribution in [0.15, 0.2) is 47.9 Å². The van der Waals surface area contributed by atoms with Crippen LogP contribution in [-0.4, -0.2) is 39.8 Å². The molecule has 0 bridgehead atoms. The van der Waals surface area contributed by atoms with Crippen LogP contribution in [0.25, 0.3) is 0 Å². The first kappa shape index (κ1) is 15.3. The van der Waals surface area contributed by atoms with Crippen molar-refractivity contribution in [2.24, 2.45) is 11.1 Å². The van der Waals surface area contributed by atoms with E-state index in [2.05, 4.69) is 39.1 Å². The summed E-state index contributed by atoms with van der Waals surface area (Å²) in [7, 11) is 0. The Balaban J connectivity index is 1.41. The fourth-order valence-corrected chi connectivity index (χ4v) is 3.49. The Morgan fingerprint density at radius 1 is 1.12 bits per heavy atom. The molecule has 5 heteroatoms. The van der Waals surface area contributed by atoms with E-state index in [1.54, 1.807) is 0 Å². The standard InChI is InChI=1S/C19H22N4O/c1-2-6-18-20-9-14(10-21-18)11-23-12-16-17(13-23)24-22-19(16)15-7-4-3-5-8-15/h3-5,7-10,16-17H,2,6,11-13H2,1H3/t16-,17+/m0/s1. The Kier molecular flexibility index (Phi) is 4.26. The Morgan fingerprint density at radius 3 is 2.67 bits per heavy atom. The zero-order valence-corrected chi connectivity index (χ0v) is 13.9. The highest BCUT2D eigenvalue weighted by Crippen LogP contribution is 2.30. The molecule has 3 heterocycles. The number of rotatable bonds is 5. The summed E-state index contributed by atoms with van der Waals surface area (Å²) < 4.78 is 0. The average molecular weight is 322 g/mol. The van der Waals surface area contributed by atoms with Gasteiger partial charge in [-0.25, -0.2) is 9.97 Å². The first-order chi connectivity index (χ1) is 11.8. The predicted octanol–water partition coefficient (Wildman–Crippen LogP) is 2.66. The second-order valence-electron chi connectivity index (χ2n) is 6.54. The van der Waals surface area contributed by atoms with Gasteiger partial charge in [-0.3, -0.25) is 4.90 Å². The minimum Gasteiger partial charge on any atom is -0.390 e. The van der Waals surface area contributed by atoms with Gasteiger partial charge in [0, 0.05) is 44.0 Å². The van der Waals surface area contributed by atoms with E-state index in [1.807, 2.05) is 30.6 Å². The maximum atomic E-state index is 5.68. The van der Waals surface area contributed by atoms with Crippen molar-refractivity contribution in [2.45, 2.75) is 32.4 Å². The van der Waals surface area contributed by atoms with E-state index in [1.165, 1.54) is 5.56 Å². The molecule has 1 aromatic heterocycles. The van der Waals surface area contributed by atoms with Crippen LogP contribution in [0, 0.1) is 5.92 Å². The second kappa shape index (κ2) is 6.69. The van der Waals surface area contributed by atoms with Crippen LogP contribution < -0.4 is 0 Å². The van der Waals surface area contributed by atoms with Crippen molar-refractivity contribution in [3.8, 4) is 0 Å². The number of likely N-dealkylation sites (tertiary alicyclic amines) is 1. The fraction of sp³-hybridized carbons (Fsp3) is 0.421. The molecule has 2 aliphatic rings. The van der Waals surface area contributed by atoms with E-state index in [-0.39, 0.29) is 6.10 Å². The van der Waals surface area contributed by atoms with Crippen molar-refractivity contribution in [1.29, 1.82) is 0 Å². The molecule has 0 radical (unpaired) electrons. The summed E-state index contributed by atoms with van der Waals surface area (Å²) in [5.74, 6) is 1.29. The molecule has 4 rings (SSSR count). The number of benzene rings is 1. The molecule has 1 saturated heterocycles. The van der Waals surface area contributed by atoms with Gasteiger partial charge in [-0.1, -0.05) is 42.4 Å². The lowest BCUT2D eigenvalue weighted by Crippen LogP contribution is -2.23. The summed E-state index contributed by atoms with van der Waals surface area (Å²) in [6.45, 7) is 4.88. The molecule has 2 aliphatic heterocycles. The molecular formula is C19H22N4O. The summed E-state index contributed by atoms with van der Waals surface area (Å²) in [5, 5.41) is 4.33. The number of aryl methyl sites for hydroxylation is 1. The van der Waals surface area contributed by atoms with Crippen molar-refractivity contribution >= 4 is 5.71 Å². The number of hydrogen-bond acceptors (Lipinski definition) is 5. The third-order valence-corrected chi connectivity index (χ3v) is 4.69. The van der Waals surface area contributed by atoms with Crippen molar-refractivity contribution in [1.82, 2.24) is 14.9 Å². The SMILES string of the molecule is CCCc1ncc(CN2C[C@@H]3C(c4ccccc4)=NO[C@@H]3C2)cn1. The first-order valence-electron chi connectivity index (χ1n) is 8.64. The lowest BCUT2D eigenvalue weighted by atomic mass is 9.95. The zero-order valence-electron chi connectivity index (χ0n) is 13.9. The lowest BCUT2D eigenvalue weighted by molar-refractivity contribution is 0.0745. The molecule has 5 nitrogen and oxygen atoms in total. The van der Waals surface area contributed by atoms with E-state index in [0.717, 1.165) is 49.6 Å².